The van der Waals surface area contributed by atoms with E-state index >= 15 is 0 Å². The van der Waals surface area contributed by atoms with Gasteiger partial charge in [-0.1, -0.05) is 42.5 Å². The quantitative estimate of drug-likeness (QED) is 0.221. The first-order valence-corrected chi connectivity index (χ1v) is 14.2. The van der Waals surface area contributed by atoms with E-state index in [1.807, 2.05) is 137 Å². The largest absolute Gasteiger partial charge is 0.378 e. The summed E-state index contributed by atoms with van der Waals surface area (Å²) in [6, 6.07) is 25.2. The Morgan fingerprint density at radius 2 is 1.36 bits per heavy atom. The molecular weight excluding hydrogens is 546 g/mol. The second-order valence-corrected chi connectivity index (χ2v) is 11.3. The van der Waals surface area contributed by atoms with E-state index in [1.165, 1.54) is 16.8 Å². The molecule has 5 rings (SSSR count). The van der Waals surface area contributed by atoms with Crippen LogP contribution < -0.4 is 15.4 Å². The molecule has 3 aromatic carbocycles. The van der Waals surface area contributed by atoms with Gasteiger partial charge in [-0.05, 0) is 72.3 Å². The van der Waals surface area contributed by atoms with Gasteiger partial charge in [0.15, 0.2) is 10.9 Å². The molecule has 1 aliphatic rings. The van der Waals surface area contributed by atoms with Gasteiger partial charge in [0.25, 0.3) is 11.5 Å². The highest BCUT2D eigenvalue weighted by Crippen LogP contribution is 2.35. The number of nitrogens with zero attached hydrogens (tertiary/aromatic N) is 7. The number of thioether (sulfide) groups is 1. The third-order valence-corrected chi connectivity index (χ3v) is 7.92. The van der Waals surface area contributed by atoms with Gasteiger partial charge in [-0.25, -0.2) is 9.67 Å². The Morgan fingerprint density at radius 1 is 0.786 bits per heavy atom. The second kappa shape index (κ2) is 12.0. The van der Waals surface area contributed by atoms with Crippen LogP contribution in [0.5, 0.6) is 0 Å². The fourth-order valence-electron chi connectivity index (χ4n) is 4.42. The minimum Gasteiger partial charge on any atom is -0.378 e. The van der Waals surface area contributed by atoms with E-state index in [2.05, 4.69) is 5.10 Å². The summed E-state index contributed by atoms with van der Waals surface area (Å²) < 4.78 is 3.33. The van der Waals surface area contributed by atoms with E-state index < -0.39 is 0 Å². The number of hydrogen-bond acceptors (Lipinski definition) is 7. The number of rotatable bonds is 7. The molecule has 0 N–H and O–H groups in total. The van der Waals surface area contributed by atoms with Gasteiger partial charge in [-0.2, -0.15) is 10.1 Å². The average Bonchev–Trinajstić information content (AvgIpc) is 3.39. The van der Waals surface area contributed by atoms with Crippen molar-refractivity contribution in [1.29, 1.82) is 0 Å². The fourth-order valence-corrected chi connectivity index (χ4v) is 5.34. The zero-order chi connectivity index (χ0) is 30.0. The molecule has 1 saturated heterocycles. The van der Waals surface area contributed by atoms with E-state index in [0.29, 0.717) is 15.8 Å². The van der Waals surface area contributed by atoms with Crippen molar-refractivity contribution in [2.45, 2.75) is 6.92 Å². The van der Waals surface area contributed by atoms with Crippen LogP contribution in [0.2, 0.25) is 0 Å². The van der Waals surface area contributed by atoms with Crippen molar-refractivity contribution in [3.05, 3.63) is 111 Å². The lowest BCUT2D eigenvalue weighted by molar-refractivity contribution is -0.122. The van der Waals surface area contributed by atoms with Gasteiger partial charge >= 0.3 is 0 Å². The third-order valence-electron chi connectivity index (χ3n) is 6.96. The number of para-hydroxylation sites is 1. The monoisotopic (exact) mass is 579 g/mol. The number of hydrogen-bond donors (Lipinski definition) is 0. The van der Waals surface area contributed by atoms with Crippen LogP contribution in [0.3, 0.4) is 0 Å². The summed E-state index contributed by atoms with van der Waals surface area (Å²) >= 11 is 1.20. The maximum Gasteiger partial charge on any atom is 0.297 e. The molecule has 1 fully saturated rings. The summed E-state index contributed by atoms with van der Waals surface area (Å²) in [5, 5.41) is 6.11. The van der Waals surface area contributed by atoms with Gasteiger partial charge in [0.05, 0.1) is 22.5 Å². The molecule has 42 heavy (non-hydrogen) atoms. The molecule has 2 heterocycles. The molecule has 0 spiro atoms. The van der Waals surface area contributed by atoms with Crippen molar-refractivity contribution in [1.82, 2.24) is 14.4 Å². The minimum absolute atomic E-state index is 0.253. The van der Waals surface area contributed by atoms with Crippen molar-refractivity contribution in [2.75, 3.05) is 38.0 Å². The maximum atomic E-state index is 13.7. The molecule has 9 nitrogen and oxygen atoms in total. The SMILES string of the molecule is Cc1c(N=C2S/C(=C\c3ccc(N(C)C)cc3)C(=O)N2/N=C/c2ccc(N(C)C)cc2)c(=O)n(-c2ccccc2)n1C. The summed E-state index contributed by atoms with van der Waals surface area (Å²) in [5.74, 6) is -0.312. The third kappa shape index (κ3) is 5.80. The number of anilines is 2. The van der Waals surface area contributed by atoms with Crippen LogP contribution in [0, 0.1) is 6.92 Å². The first kappa shape index (κ1) is 28.7. The Labute approximate surface area is 249 Å². The molecule has 0 radical (unpaired) electrons. The van der Waals surface area contributed by atoms with Crippen LogP contribution in [-0.2, 0) is 11.8 Å². The fraction of sp³-hybridized carbons (Fsp3) is 0.188. The summed E-state index contributed by atoms with van der Waals surface area (Å²) in [4.78, 5) is 36.5. The minimum atomic E-state index is -0.312. The first-order chi connectivity index (χ1) is 20.1. The number of aromatic nitrogens is 2. The highest BCUT2D eigenvalue weighted by molar-refractivity contribution is 8.18. The molecule has 1 aliphatic heterocycles. The predicted octanol–water partition coefficient (Wildman–Crippen LogP) is 5.25. The van der Waals surface area contributed by atoms with Crippen LogP contribution >= 0.6 is 11.8 Å². The van der Waals surface area contributed by atoms with Crippen LogP contribution in [0.15, 0.2) is 98.7 Å². The summed E-state index contributed by atoms with van der Waals surface area (Å²) in [7, 11) is 9.73. The van der Waals surface area contributed by atoms with Crippen molar-refractivity contribution < 1.29 is 4.79 Å². The average molecular weight is 580 g/mol. The van der Waals surface area contributed by atoms with E-state index in [4.69, 9.17) is 4.99 Å². The number of carbonyl (C=O) groups is 1. The van der Waals surface area contributed by atoms with E-state index in [1.54, 1.807) is 15.6 Å². The Morgan fingerprint density at radius 3 is 1.93 bits per heavy atom. The van der Waals surface area contributed by atoms with Gasteiger partial charge in [0.2, 0.25) is 0 Å². The predicted molar refractivity (Wildman–Crippen MR) is 174 cm³/mol. The standard InChI is InChI=1S/C32H33N7O2S/c1-22-29(31(41)39(37(22)6)27-10-8-7-9-11-27)34-32-38(33-21-24-14-18-26(19-15-24)36(4)5)30(40)28(42-32)20-23-12-16-25(17-13-23)35(2)3/h7-21H,1-6H3/b28-20-,33-21+,34-32?. The Bertz CT molecular complexity index is 1750. The molecule has 0 bridgehead atoms. The molecule has 0 atom stereocenters. The van der Waals surface area contributed by atoms with Gasteiger partial charge in [0, 0.05) is 46.6 Å². The summed E-state index contributed by atoms with van der Waals surface area (Å²) in [6.07, 6.45) is 3.45. The Hall–Kier alpha value is -4.83. The molecular formula is C32H33N7O2S. The molecule has 0 aliphatic carbocycles. The van der Waals surface area contributed by atoms with E-state index in [-0.39, 0.29) is 17.2 Å². The molecule has 1 aromatic heterocycles. The van der Waals surface area contributed by atoms with Crippen molar-refractivity contribution in [2.24, 2.45) is 17.1 Å². The zero-order valence-electron chi connectivity index (χ0n) is 24.5. The van der Waals surface area contributed by atoms with Crippen molar-refractivity contribution in [3.63, 3.8) is 0 Å². The Kier molecular flexibility index (Phi) is 8.17. The lowest BCUT2D eigenvalue weighted by Gasteiger charge is -2.12. The van der Waals surface area contributed by atoms with Crippen molar-refractivity contribution in [3.8, 4) is 5.69 Å². The van der Waals surface area contributed by atoms with Crippen LogP contribution in [0.25, 0.3) is 11.8 Å². The number of hydrazone groups is 1. The second-order valence-electron chi connectivity index (χ2n) is 10.2. The van der Waals surface area contributed by atoms with Gasteiger partial charge < -0.3 is 9.80 Å². The molecule has 0 saturated carbocycles. The molecule has 214 valence electrons. The van der Waals surface area contributed by atoms with E-state index in [0.717, 1.165) is 28.2 Å². The normalized spacial score (nSPS) is 15.4. The number of benzene rings is 3. The summed E-state index contributed by atoms with van der Waals surface area (Å²) in [6.45, 7) is 1.84. The Balaban J connectivity index is 1.56. The lowest BCUT2D eigenvalue weighted by atomic mass is 10.2. The number of amides is 1. The molecule has 10 heteroatoms. The molecule has 4 aromatic rings. The van der Waals surface area contributed by atoms with Crippen LogP contribution in [0.1, 0.15) is 16.8 Å². The van der Waals surface area contributed by atoms with Crippen molar-refractivity contribution >= 4 is 52.2 Å². The first-order valence-electron chi connectivity index (χ1n) is 13.4. The molecule has 1 amide bonds. The maximum absolute atomic E-state index is 13.7. The van der Waals surface area contributed by atoms with E-state index in [9.17, 15) is 9.59 Å². The van der Waals surface area contributed by atoms with Crippen LogP contribution in [-0.4, -0.2) is 59.9 Å². The lowest BCUT2D eigenvalue weighted by Crippen LogP contribution is -2.24. The summed E-state index contributed by atoms with van der Waals surface area (Å²) in [5.41, 5.74) is 5.20. The van der Waals surface area contributed by atoms with Gasteiger partial charge in [0.1, 0.15) is 0 Å². The number of amidine groups is 1. The topological polar surface area (TPSA) is 78.4 Å². The van der Waals surface area contributed by atoms with Crippen LogP contribution in [0.4, 0.5) is 17.1 Å². The molecule has 0 unspecified atom stereocenters. The smallest absolute Gasteiger partial charge is 0.297 e. The highest BCUT2D eigenvalue weighted by atomic mass is 32.2. The van der Waals surface area contributed by atoms with Gasteiger partial charge in [-0.15, -0.1) is 0 Å². The zero-order valence-corrected chi connectivity index (χ0v) is 25.3. The highest BCUT2D eigenvalue weighted by Gasteiger charge is 2.34. The van der Waals surface area contributed by atoms with Gasteiger partial charge in [-0.3, -0.25) is 14.3 Å². The number of carbonyl (C=O) groups excluding carboxylic acids is 1. The number of aliphatic imine (C=N–C) groups is 1.